The molecule has 3 heterocycles. The summed E-state index contributed by atoms with van der Waals surface area (Å²) in [4.78, 5) is 39.4. The number of aromatic amines is 1. The predicted octanol–water partition coefficient (Wildman–Crippen LogP) is -7.40. The fourth-order valence-corrected chi connectivity index (χ4v) is 2.88. The number of hydrogen-bond acceptors (Lipinski definition) is 10. The molecule has 1 saturated heterocycles. The van der Waals surface area contributed by atoms with E-state index in [2.05, 4.69) is 14.5 Å². The van der Waals surface area contributed by atoms with Crippen LogP contribution >= 0.6 is 7.82 Å². The van der Waals surface area contributed by atoms with Crippen molar-refractivity contribution in [1.82, 2.24) is 14.5 Å². The summed E-state index contributed by atoms with van der Waals surface area (Å²) in [6, 6.07) is 0. The van der Waals surface area contributed by atoms with E-state index >= 15 is 0 Å². The second kappa shape index (κ2) is 7.64. The van der Waals surface area contributed by atoms with Gasteiger partial charge in [0.25, 0.3) is 11.5 Å². The van der Waals surface area contributed by atoms with Crippen molar-refractivity contribution in [2.75, 3.05) is 12.3 Å². The number of phosphoric acid groups is 1. The smallest absolute Gasteiger partial charge is 0.790 e. The van der Waals surface area contributed by atoms with E-state index in [0.29, 0.717) is 4.57 Å². The first kappa shape index (κ1) is 17.3. The summed E-state index contributed by atoms with van der Waals surface area (Å²) in [7, 11) is -5.36. The monoisotopic (exact) mass is 402 g/mol. The van der Waals surface area contributed by atoms with E-state index < -0.39 is 57.0 Å². The van der Waals surface area contributed by atoms with E-state index in [1.807, 2.05) is 0 Å². The summed E-state index contributed by atoms with van der Waals surface area (Å²) in [5.74, 6) is -0.346. The molecule has 0 spiro atoms. The van der Waals surface area contributed by atoms with Gasteiger partial charge in [-0.1, -0.05) is 4.98 Å². The number of aryl methyl sites for hydroxylation is 1. The Bertz CT molecular complexity index is 1010. The van der Waals surface area contributed by atoms with E-state index in [1.165, 1.54) is 0 Å². The quantitative estimate of drug-likeness (QED) is 0.216. The molecule has 0 amide bonds. The number of nitrogens with two attached hydrogens (primary N) is 1. The van der Waals surface area contributed by atoms with Crippen molar-refractivity contribution in [3.05, 3.63) is 16.7 Å². The molecule has 13 nitrogen and oxygen atoms in total. The van der Waals surface area contributed by atoms with Crippen LogP contribution in [-0.4, -0.2) is 49.7 Å². The third kappa shape index (κ3) is 4.02. The maximum absolute atomic E-state index is 12.2. The van der Waals surface area contributed by atoms with Crippen molar-refractivity contribution in [3.8, 4) is 0 Å². The van der Waals surface area contributed by atoms with Crippen LogP contribution in [0.1, 0.15) is 10.3 Å². The second-order valence-corrected chi connectivity index (χ2v) is 6.46. The number of phosphoric ester groups is 1. The van der Waals surface area contributed by atoms with Gasteiger partial charge in [-0.3, -0.25) is 14.3 Å². The Morgan fingerprint density at radius 3 is 2.88 bits per heavy atom. The van der Waals surface area contributed by atoms with Gasteiger partial charge in [0.05, 0.1) is 25.5 Å². The minimum absolute atomic E-state index is 0. The SMILES string of the molecule is [2H]C([2H])([2H])n1c[n+]([C@@H]2O[C@H](COP(=O)([O-])[O-])[C@@H](O)[C@H]2O)c2nc(N)[nH]c(=O)c21.[Na+]. The van der Waals surface area contributed by atoms with Crippen LogP contribution in [0.4, 0.5) is 5.95 Å². The minimum Gasteiger partial charge on any atom is -0.790 e. The van der Waals surface area contributed by atoms with Crippen molar-refractivity contribution in [2.24, 2.45) is 6.98 Å². The molecule has 15 heteroatoms. The third-order valence-electron chi connectivity index (χ3n) is 3.63. The summed E-state index contributed by atoms with van der Waals surface area (Å²) >= 11 is 0. The average molecular weight is 402 g/mol. The number of aromatic nitrogens is 4. The van der Waals surface area contributed by atoms with Gasteiger partial charge >= 0.3 is 35.2 Å². The Kier molecular flexibility index (Phi) is 5.07. The van der Waals surface area contributed by atoms with E-state index in [-0.39, 0.29) is 41.2 Å². The Morgan fingerprint density at radius 1 is 1.58 bits per heavy atom. The topological polar surface area (TPSA) is 203 Å². The normalized spacial score (nSPS) is 28.4. The van der Waals surface area contributed by atoms with Gasteiger partial charge in [0.15, 0.2) is 6.33 Å². The maximum atomic E-state index is 12.2. The van der Waals surface area contributed by atoms with Crippen LogP contribution in [0.5, 0.6) is 0 Å². The molecule has 0 unspecified atom stereocenters. The fourth-order valence-electron chi connectivity index (χ4n) is 2.55. The first-order valence-electron chi connectivity index (χ1n) is 8.30. The van der Waals surface area contributed by atoms with Crippen LogP contribution in [0, 0.1) is 0 Å². The first-order valence-corrected chi connectivity index (χ1v) is 8.26. The van der Waals surface area contributed by atoms with Gasteiger partial charge in [-0.25, -0.2) is 4.57 Å². The number of imidazole rings is 1. The number of aliphatic hydroxyl groups excluding tert-OH is 2. The molecule has 0 radical (unpaired) electrons. The van der Waals surface area contributed by atoms with E-state index in [0.717, 1.165) is 10.9 Å². The third-order valence-corrected chi connectivity index (χ3v) is 4.09. The van der Waals surface area contributed by atoms with Gasteiger partial charge in [-0.05, 0) is 0 Å². The summed E-state index contributed by atoms with van der Waals surface area (Å²) in [5.41, 5.74) is 3.95. The number of anilines is 1. The average Bonchev–Trinajstić information content (AvgIpc) is 3.04. The van der Waals surface area contributed by atoms with Crippen molar-refractivity contribution in [2.45, 2.75) is 24.5 Å². The Balaban J connectivity index is 0.00000300. The number of hydrogen-bond donors (Lipinski definition) is 4. The summed E-state index contributed by atoms with van der Waals surface area (Å²) in [6.07, 6.45) is -5.39. The predicted molar refractivity (Wildman–Crippen MR) is 75.4 cm³/mol. The van der Waals surface area contributed by atoms with E-state index in [4.69, 9.17) is 14.6 Å². The fraction of sp³-hybridized carbons (Fsp3) is 0.545. The summed E-state index contributed by atoms with van der Waals surface area (Å²) in [6.45, 7) is -3.69. The van der Waals surface area contributed by atoms with Gasteiger partial charge in [0, 0.05) is 0 Å². The van der Waals surface area contributed by atoms with Gasteiger partial charge < -0.3 is 39.6 Å². The Morgan fingerprint density at radius 2 is 2.27 bits per heavy atom. The van der Waals surface area contributed by atoms with Crippen molar-refractivity contribution in [1.29, 1.82) is 0 Å². The van der Waals surface area contributed by atoms with E-state index in [9.17, 15) is 29.4 Å². The molecule has 0 aliphatic carbocycles. The first-order chi connectivity index (χ1) is 12.8. The van der Waals surface area contributed by atoms with Crippen LogP contribution in [0.25, 0.3) is 11.2 Å². The molecule has 2 aromatic rings. The molecule has 1 fully saturated rings. The van der Waals surface area contributed by atoms with Gasteiger partial charge in [-0.15, -0.1) is 0 Å². The number of aliphatic hydroxyl groups is 2. The number of H-pyrrole nitrogens is 1. The molecule has 138 valence electrons. The molecular formula is C11H15N5NaO8P. The zero-order valence-electron chi connectivity index (χ0n) is 16.3. The van der Waals surface area contributed by atoms with Crippen LogP contribution in [0.15, 0.2) is 11.1 Å². The second-order valence-electron chi connectivity index (χ2n) is 5.31. The number of fused-ring (bicyclic) bond motifs is 1. The van der Waals surface area contributed by atoms with Crippen LogP contribution in [-0.2, 0) is 20.8 Å². The Labute approximate surface area is 172 Å². The van der Waals surface area contributed by atoms with Crippen LogP contribution in [0.2, 0.25) is 0 Å². The van der Waals surface area contributed by atoms with Crippen molar-refractivity contribution in [3.63, 3.8) is 0 Å². The molecule has 0 aromatic carbocycles. The molecule has 1 aliphatic rings. The number of nitrogens with zero attached hydrogens (tertiary/aromatic N) is 3. The summed E-state index contributed by atoms with van der Waals surface area (Å²) < 4.78 is 44.2. The zero-order valence-corrected chi connectivity index (χ0v) is 16.2. The molecule has 1 aliphatic heterocycles. The molecule has 4 atom stereocenters. The van der Waals surface area contributed by atoms with Crippen molar-refractivity contribution < 1.29 is 72.1 Å². The van der Waals surface area contributed by atoms with Crippen LogP contribution < -0.4 is 55.2 Å². The number of ether oxygens (including phenoxy) is 1. The molecule has 0 saturated carbocycles. The molecule has 5 N–H and O–H groups in total. The van der Waals surface area contributed by atoms with Crippen molar-refractivity contribution >= 4 is 24.9 Å². The minimum atomic E-state index is -5.36. The summed E-state index contributed by atoms with van der Waals surface area (Å²) in [5, 5.41) is 20.3. The van der Waals surface area contributed by atoms with Gasteiger partial charge in [0.2, 0.25) is 11.7 Å². The molecular weight excluding hydrogens is 384 g/mol. The molecule has 26 heavy (non-hydrogen) atoms. The Hall–Kier alpha value is -0.860. The number of nitrogens with one attached hydrogen (secondary N) is 1. The maximum Gasteiger partial charge on any atom is 1.00 e. The largest absolute Gasteiger partial charge is 1.00 e. The van der Waals surface area contributed by atoms with Gasteiger partial charge in [-0.2, -0.15) is 0 Å². The zero-order chi connectivity index (χ0) is 21.0. The standard InChI is InChI=1S/C11H16N5O8P.Na/c1-15-3-16(8-5(15)9(19)14-11(12)13-8)10-7(18)6(17)4(24-10)2-23-25(20,21)22;/h3-4,6-7,10,17-18H,2H2,1H3,(H4-,12,13,14,19,20,21,22);/q;+1/p-1/t4-,6-,7-,10-;/m1./s1/i1D3;. The molecule has 2 aromatic heterocycles. The molecule has 0 bridgehead atoms. The molecule has 3 rings (SSSR count). The number of nitrogen functional groups attached to an aromatic ring is 1. The number of rotatable bonds is 4. The van der Waals surface area contributed by atoms with Crippen LogP contribution in [0.3, 0.4) is 0 Å². The van der Waals surface area contributed by atoms with Gasteiger partial charge in [0.1, 0.15) is 18.3 Å². The van der Waals surface area contributed by atoms with E-state index in [1.54, 1.807) is 0 Å².